The summed E-state index contributed by atoms with van der Waals surface area (Å²) in [6.07, 6.45) is 2.89. The summed E-state index contributed by atoms with van der Waals surface area (Å²) in [4.78, 5) is 14.4. The highest BCUT2D eigenvalue weighted by atomic mass is 79.9. The zero-order valence-electron chi connectivity index (χ0n) is 11.6. The maximum atomic E-state index is 12.3. The highest BCUT2D eigenvalue weighted by molar-refractivity contribution is 9.10. The second kappa shape index (κ2) is 5.63. The average Bonchev–Trinajstić information content (AvgIpc) is 2.32. The van der Waals surface area contributed by atoms with Crippen LogP contribution in [0.25, 0.3) is 0 Å². The van der Waals surface area contributed by atoms with Crippen molar-refractivity contribution in [3.8, 4) is 0 Å². The Kier molecular flexibility index (Phi) is 4.31. The fourth-order valence-corrected chi connectivity index (χ4v) is 3.56. The van der Waals surface area contributed by atoms with Gasteiger partial charge in [0.25, 0.3) is 0 Å². The number of carbonyl (C=O) groups is 1. The van der Waals surface area contributed by atoms with Gasteiger partial charge in [-0.1, -0.05) is 34.5 Å². The van der Waals surface area contributed by atoms with Gasteiger partial charge in [-0.2, -0.15) is 0 Å². The molecular weight excluding hydrogens is 306 g/mol. The first-order chi connectivity index (χ1) is 9.01. The molecule has 4 heteroatoms. The molecule has 0 bridgehead atoms. The number of nitrogens with zero attached hydrogens (tertiary/aromatic N) is 1. The molecule has 0 saturated heterocycles. The average molecular weight is 326 g/mol. The lowest BCUT2D eigenvalue weighted by Gasteiger charge is -2.47. The van der Waals surface area contributed by atoms with Gasteiger partial charge < -0.3 is 9.64 Å². The van der Waals surface area contributed by atoms with Gasteiger partial charge in [0.2, 0.25) is 0 Å². The predicted octanol–water partition coefficient (Wildman–Crippen LogP) is 3.40. The van der Waals surface area contributed by atoms with E-state index < -0.39 is 0 Å². The summed E-state index contributed by atoms with van der Waals surface area (Å²) in [7, 11) is 5.53. The summed E-state index contributed by atoms with van der Waals surface area (Å²) in [6, 6.07) is 8.25. The molecule has 1 aliphatic rings. The van der Waals surface area contributed by atoms with Crippen molar-refractivity contribution >= 4 is 21.9 Å². The second-order valence-electron chi connectivity index (χ2n) is 5.42. The van der Waals surface area contributed by atoms with Crippen LogP contribution in [0.4, 0.5) is 0 Å². The molecule has 0 aliphatic heterocycles. The zero-order valence-corrected chi connectivity index (χ0v) is 13.2. The van der Waals surface area contributed by atoms with E-state index in [1.165, 1.54) is 7.11 Å². The number of halogens is 1. The van der Waals surface area contributed by atoms with Crippen LogP contribution in [0.1, 0.15) is 30.9 Å². The largest absolute Gasteiger partial charge is 0.469 e. The van der Waals surface area contributed by atoms with Crippen LogP contribution in [0, 0.1) is 5.41 Å². The second-order valence-corrected chi connectivity index (χ2v) is 6.34. The molecule has 0 amide bonds. The molecule has 1 aromatic rings. The summed E-state index contributed by atoms with van der Waals surface area (Å²) in [5.41, 5.74) is 0.767. The molecule has 1 fully saturated rings. The van der Waals surface area contributed by atoms with E-state index in [9.17, 15) is 4.79 Å². The highest BCUT2D eigenvalue weighted by Crippen LogP contribution is 2.53. The molecule has 3 nitrogen and oxygen atoms in total. The van der Waals surface area contributed by atoms with Crippen molar-refractivity contribution < 1.29 is 9.53 Å². The number of hydrogen-bond acceptors (Lipinski definition) is 3. The number of methoxy groups -OCH3 is 1. The van der Waals surface area contributed by atoms with Gasteiger partial charge in [0.05, 0.1) is 18.6 Å². The van der Waals surface area contributed by atoms with Crippen LogP contribution in [0.3, 0.4) is 0 Å². The predicted molar refractivity (Wildman–Crippen MR) is 78.9 cm³/mol. The third kappa shape index (κ3) is 2.56. The van der Waals surface area contributed by atoms with Crippen molar-refractivity contribution in [3.05, 3.63) is 34.3 Å². The van der Waals surface area contributed by atoms with Gasteiger partial charge in [0, 0.05) is 4.47 Å². The summed E-state index contributed by atoms with van der Waals surface area (Å²) in [5.74, 6) is -0.0857. The van der Waals surface area contributed by atoms with Crippen LogP contribution in [0.15, 0.2) is 28.7 Å². The Hall–Kier alpha value is -0.870. The number of rotatable bonds is 4. The van der Waals surface area contributed by atoms with Crippen molar-refractivity contribution in [3.63, 3.8) is 0 Å². The minimum atomic E-state index is -0.390. The Bertz CT molecular complexity index is 469. The first-order valence-corrected chi connectivity index (χ1v) is 7.31. The van der Waals surface area contributed by atoms with Gasteiger partial charge in [-0.15, -0.1) is 0 Å². The topological polar surface area (TPSA) is 29.5 Å². The van der Waals surface area contributed by atoms with E-state index in [2.05, 4.69) is 33.0 Å². The molecule has 1 saturated carbocycles. The fraction of sp³-hybridized carbons (Fsp3) is 0.533. The first-order valence-electron chi connectivity index (χ1n) is 6.51. The van der Waals surface area contributed by atoms with Gasteiger partial charge >= 0.3 is 5.97 Å². The van der Waals surface area contributed by atoms with Crippen molar-refractivity contribution in [2.75, 3.05) is 21.2 Å². The Labute approximate surface area is 123 Å². The van der Waals surface area contributed by atoms with Gasteiger partial charge in [0.1, 0.15) is 0 Å². The van der Waals surface area contributed by atoms with Crippen molar-refractivity contribution in [1.29, 1.82) is 0 Å². The first kappa shape index (κ1) is 14.5. The zero-order chi connectivity index (χ0) is 14.0. The maximum absolute atomic E-state index is 12.3. The normalized spacial score (nSPS) is 18.8. The van der Waals surface area contributed by atoms with Crippen LogP contribution >= 0.6 is 15.9 Å². The molecule has 104 valence electrons. The van der Waals surface area contributed by atoms with E-state index in [4.69, 9.17) is 4.74 Å². The van der Waals surface area contributed by atoms with Crippen LogP contribution in [-0.4, -0.2) is 32.1 Å². The quantitative estimate of drug-likeness (QED) is 0.795. The van der Waals surface area contributed by atoms with Gasteiger partial charge in [-0.25, -0.2) is 0 Å². The van der Waals surface area contributed by atoms with E-state index in [0.717, 1.165) is 29.3 Å². The maximum Gasteiger partial charge on any atom is 0.313 e. The highest BCUT2D eigenvalue weighted by Gasteiger charge is 2.52. The lowest BCUT2D eigenvalue weighted by Crippen LogP contribution is -2.48. The Morgan fingerprint density at radius 1 is 1.42 bits per heavy atom. The van der Waals surface area contributed by atoms with Crippen LogP contribution in [-0.2, 0) is 9.53 Å². The molecule has 0 heterocycles. The van der Waals surface area contributed by atoms with Crippen LogP contribution in [0.2, 0.25) is 0 Å². The van der Waals surface area contributed by atoms with E-state index in [1.807, 2.05) is 26.2 Å². The minimum absolute atomic E-state index is 0.0613. The molecule has 0 radical (unpaired) electrons. The summed E-state index contributed by atoms with van der Waals surface area (Å²) in [5, 5.41) is 0. The monoisotopic (exact) mass is 325 g/mol. The van der Waals surface area contributed by atoms with Gasteiger partial charge in [-0.05, 0) is 44.6 Å². The summed E-state index contributed by atoms with van der Waals surface area (Å²) >= 11 is 3.51. The summed E-state index contributed by atoms with van der Waals surface area (Å²) < 4.78 is 6.10. The van der Waals surface area contributed by atoms with Crippen molar-refractivity contribution in [1.82, 2.24) is 4.90 Å². The smallest absolute Gasteiger partial charge is 0.313 e. The Morgan fingerprint density at radius 3 is 2.53 bits per heavy atom. The fourth-order valence-electron chi connectivity index (χ4n) is 3.14. The molecule has 2 rings (SSSR count). The Balaban J connectivity index is 2.42. The number of esters is 1. The third-order valence-electron chi connectivity index (χ3n) is 4.04. The Morgan fingerprint density at radius 2 is 2.11 bits per heavy atom. The van der Waals surface area contributed by atoms with Crippen LogP contribution < -0.4 is 0 Å². The molecular formula is C15H20BrNO2. The van der Waals surface area contributed by atoms with E-state index in [0.29, 0.717) is 0 Å². The van der Waals surface area contributed by atoms with E-state index in [1.54, 1.807) is 0 Å². The minimum Gasteiger partial charge on any atom is -0.469 e. The SMILES string of the molecule is COC(=O)C1(C(c2cccc(Br)c2)N(C)C)CCC1. The molecule has 1 unspecified atom stereocenters. The van der Waals surface area contributed by atoms with Gasteiger partial charge in [0.15, 0.2) is 0 Å². The molecule has 0 aromatic heterocycles. The van der Waals surface area contributed by atoms with E-state index in [-0.39, 0.29) is 17.4 Å². The third-order valence-corrected chi connectivity index (χ3v) is 4.54. The lowest BCUT2D eigenvalue weighted by atomic mass is 9.62. The summed E-state index contributed by atoms with van der Waals surface area (Å²) in [6.45, 7) is 0. The van der Waals surface area contributed by atoms with Crippen molar-refractivity contribution in [2.24, 2.45) is 5.41 Å². The molecule has 1 aromatic carbocycles. The molecule has 1 aliphatic carbocycles. The van der Waals surface area contributed by atoms with Crippen LogP contribution in [0.5, 0.6) is 0 Å². The molecule has 0 spiro atoms. The van der Waals surface area contributed by atoms with E-state index >= 15 is 0 Å². The number of carbonyl (C=O) groups excluding carboxylic acids is 1. The molecule has 0 N–H and O–H groups in total. The number of benzene rings is 1. The van der Waals surface area contributed by atoms with Gasteiger partial charge in [-0.3, -0.25) is 4.79 Å². The lowest BCUT2D eigenvalue weighted by molar-refractivity contribution is -0.165. The number of ether oxygens (including phenoxy) is 1. The van der Waals surface area contributed by atoms with Crippen molar-refractivity contribution in [2.45, 2.75) is 25.3 Å². The molecule has 19 heavy (non-hydrogen) atoms. The molecule has 1 atom stereocenters. The standard InChI is InChI=1S/C15H20BrNO2/c1-17(2)13(11-6-4-7-12(16)10-11)15(8-5-9-15)14(18)19-3/h4,6-7,10,13H,5,8-9H2,1-3H3. The number of hydrogen-bond donors (Lipinski definition) is 0.